The smallest absolute Gasteiger partial charge is 0.269 e. The van der Waals surface area contributed by atoms with Crippen LogP contribution in [0.4, 0.5) is 11.4 Å². The van der Waals surface area contributed by atoms with Crippen LogP contribution in [0.3, 0.4) is 0 Å². The van der Waals surface area contributed by atoms with Gasteiger partial charge in [-0.05, 0) is 60.1 Å². The summed E-state index contributed by atoms with van der Waals surface area (Å²) in [5.74, 6) is 0.764. The number of rotatable bonds is 5. The summed E-state index contributed by atoms with van der Waals surface area (Å²) in [7, 11) is 3.64. The minimum atomic E-state index is -0.0252. The molecule has 0 radical (unpaired) electrons. The number of halogens is 1. The lowest BCUT2D eigenvalue weighted by molar-refractivity contribution is -0.122. The molecular weight excluding hydrogens is 486 g/mol. The zero-order chi connectivity index (χ0) is 23.7. The number of hydrogen-bond donors (Lipinski definition) is 0. The van der Waals surface area contributed by atoms with Gasteiger partial charge in [0, 0.05) is 29.6 Å². The quantitative estimate of drug-likeness (QED) is 0.366. The first-order chi connectivity index (χ1) is 16.5. The van der Waals surface area contributed by atoms with Crippen LogP contribution in [-0.2, 0) is 11.2 Å². The molecule has 8 heteroatoms. The normalized spacial score (nSPS) is 18.7. The van der Waals surface area contributed by atoms with Crippen LogP contribution in [0.5, 0.6) is 5.75 Å². The summed E-state index contributed by atoms with van der Waals surface area (Å²) in [5, 5.41) is 2.23. The number of fused-ring (bicyclic) bond motifs is 1. The molecule has 2 aliphatic rings. The van der Waals surface area contributed by atoms with Crippen LogP contribution in [-0.4, -0.2) is 36.7 Å². The standard InChI is InChI=1S/C26H22ClN3O2S2/c1-29-21-16-20(32-2)12-13-22(21)33-25(29)23-24(31)30(15-14-17-6-4-3-5-7-17)26(34-23)28-19-10-8-18(27)9-11-19/h3-13,16H,14-15H2,1-2H3. The third-order valence-corrected chi connectivity index (χ3v) is 8.30. The van der Waals surface area contributed by atoms with Gasteiger partial charge in [-0.25, -0.2) is 4.99 Å². The number of amidine groups is 1. The second-order valence-corrected chi connectivity index (χ2v) is 10.2. The average molecular weight is 508 g/mol. The SMILES string of the molecule is COc1ccc2c(c1)N(C)C(=C1SC(=Nc3ccc(Cl)cc3)N(CCc3ccccc3)C1=O)S2. The van der Waals surface area contributed by atoms with Crippen molar-refractivity contribution in [2.75, 3.05) is 25.6 Å². The van der Waals surface area contributed by atoms with E-state index in [4.69, 9.17) is 21.3 Å². The van der Waals surface area contributed by atoms with Crippen LogP contribution in [0.2, 0.25) is 5.02 Å². The second kappa shape index (κ2) is 9.78. The molecule has 0 bridgehead atoms. The van der Waals surface area contributed by atoms with Crippen molar-refractivity contribution >= 4 is 57.6 Å². The van der Waals surface area contributed by atoms with Gasteiger partial charge in [-0.3, -0.25) is 9.69 Å². The highest BCUT2D eigenvalue weighted by atomic mass is 35.5. The molecule has 34 heavy (non-hydrogen) atoms. The lowest BCUT2D eigenvalue weighted by atomic mass is 10.1. The van der Waals surface area contributed by atoms with Gasteiger partial charge in [0.25, 0.3) is 5.91 Å². The Morgan fingerprint density at radius 1 is 1.00 bits per heavy atom. The van der Waals surface area contributed by atoms with Gasteiger partial charge < -0.3 is 9.64 Å². The molecule has 0 N–H and O–H groups in total. The van der Waals surface area contributed by atoms with Crippen LogP contribution >= 0.6 is 35.1 Å². The van der Waals surface area contributed by atoms with Crippen LogP contribution in [0, 0.1) is 0 Å². The maximum atomic E-state index is 13.7. The Bertz CT molecular complexity index is 1290. The van der Waals surface area contributed by atoms with E-state index in [0.29, 0.717) is 21.6 Å². The van der Waals surface area contributed by atoms with Crippen molar-refractivity contribution in [1.82, 2.24) is 4.90 Å². The number of ether oxygens (including phenoxy) is 1. The lowest BCUT2D eigenvalue weighted by Crippen LogP contribution is -2.31. The Balaban J connectivity index is 1.49. The predicted octanol–water partition coefficient (Wildman–Crippen LogP) is 6.57. The first-order valence-electron chi connectivity index (χ1n) is 10.8. The van der Waals surface area contributed by atoms with E-state index in [-0.39, 0.29) is 5.91 Å². The van der Waals surface area contributed by atoms with Crippen LogP contribution in [0.15, 0.2) is 92.6 Å². The molecule has 1 saturated heterocycles. The fourth-order valence-corrected chi connectivity index (χ4v) is 6.26. The van der Waals surface area contributed by atoms with Gasteiger partial charge in [-0.1, -0.05) is 53.7 Å². The van der Waals surface area contributed by atoms with Gasteiger partial charge in [0.05, 0.1) is 23.5 Å². The second-order valence-electron chi connectivity index (χ2n) is 7.79. The molecule has 1 fully saturated rings. The Morgan fingerprint density at radius 2 is 1.76 bits per heavy atom. The number of nitrogens with zero attached hydrogens (tertiary/aromatic N) is 3. The number of anilines is 1. The van der Waals surface area contributed by atoms with Crippen LogP contribution < -0.4 is 9.64 Å². The topological polar surface area (TPSA) is 45.1 Å². The number of carbonyl (C=O) groups is 1. The Hall–Kier alpha value is -2.87. The van der Waals surface area contributed by atoms with Crippen LogP contribution in [0.25, 0.3) is 0 Å². The van der Waals surface area contributed by atoms with Crippen molar-refractivity contribution in [3.05, 3.63) is 93.3 Å². The Labute approximate surface area is 212 Å². The van der Waals surface area contributed by atoms with E-state index in [1.54, 1.807) is 35.9 Å². The van der Waals surface area contributed by atoms with Gasteiger partial charge in [0.15, 0.2) is 5.17 Å². The highest BCUT2D eigenvalue weighted by Crippen LogP contribution is 2.51. The van der Waals surface area contributed by atoms with Gasteiger partial charge in [-0.15, -0.1) is 0 Å². The third kappa shape index (κ3) is 4.56. The predicted molar refractivity (Wildman–Crippen MR) is 142 cm³/mol. The Kier molecular flexibility index (Phi) is 6.59. The van der Waals surface area contributed by atoms with E-state index < -0.39 is 0 Å². The van der Waals surface area contributed by atoms with E-state index in [2.05, 4.69) is 17.0 Å². The van der Waals surface area contributed by atoms with Crippen molar-refractivity contribution in [3.63, 3.8) is 0 Å². The van der Waals surface area contributed by atoms with E-state index >= 15 is 0 Å². The summed E-state index contributed by atoms with van der Waals surface area (Å²) < 4.78 is 5.39. The van der Waals surface area contributed by atoms with Crippen molar-refractivity contribution in [3.8, 4) is 5.75 Å². The first kappa shape index (κ1) is 22.9. The third-order valence-electron chi connectivity index (χ3n) is 5.61. The van der Waals surface area contributed by atoms with Crippen molar-refractivity contribution < 1.29 is 9.53 Å². The summed E-state index contributed by atoms with van der Waals surface area (Å²) in [6.45, 7) is 0.550. The van der Waals surface area contributed by atoms with Gasteiger partial charge in [-0.2, -0.15) is 0 Å². The lowest BCUT2D eigenvalue weighted by Gasteiger charge is -2.17. The molecule has 3 aromatic carbocycles. The molecule has 0 unspecified atom stereocenters. The van der Waals surface area contributed by atoms with Gasteiger partial charge >= 0.3 is 0 Å². The molecule has 5 nitrogen and oxygen atoms in total. The van der Waals surface area contributed by atoms with Crippen molar-refractivity contribution in [2.24, 2.45) is 4.99 Å². The van der Waals surface area contributed by atoms with Gasteiger partial charge in [0.2, 0.25) is 0 Å². The molecule has 2 aliphatic heterocycles. The maximum Gasteiger partial charge on any atom is 0.269 e. The Morgan fingerprint density at radius 3 is 2.50 bits per heavy atom. The van der Waals surface area contributed by atoms with E-state index in [1.165, 1.54) is 17.3 Å². The molecule has 0 aromatic heterocycles. The number of benzene rings is 3. The summed E-state index contributed by atoms with van der Waals surface area (Å²) in [6, 6.07) is 23.5. The summed E-state index contributed by atoms with van der Waals surface area (Å²) >= 11 is 9.07. The molecule has 0 saturated carbocycles. The molecular formula is C26H22ClN3O2S2. The zero-order valence-electron chi connectivity index (χ0n) is 18.7. The number of methoxy groups -OCH3 is 1. The summed E-state index contributed by atoms with van der Waals surface area (Å²) in [5.41, 5.74) is 2.97. The first-order valence-corrected chi connectivity index (χ1v) is 12.8. The van der Waals surface area contributed by atoms with Crippen molar-refractivity contribution in [1.29, 1.82) is 0 Å². The zero-order valence-corrected chi connectivity index (χ0v) is 21.1. The molecule has 172 valence electrons. The average Bonchev–Trinajstić information content (AvgIpc) is 3.35. The van der Waals surface area contributed by atoms with Crippen molar-refractivity contribution in [2.45, 2.75) is 11.3 Å². The summed E-state index contributed by atoms with van der Waals surface area (Å²) in [4.78, 5) is 24.1. The number of carbonyl (C=O) groups excluding carboxylic acids is 1. The van der Waals surface area contributed by atoms with Crippen LogP contribution in [0.1, 0.15) is 5.56 Å². The molecule has 3 aromatic rings. The number of thioether (sulfide) groups is 2. The summed E-state index contributed by atoms with van der Waals surface area (Å²) in [6.07, 6.45) is 0.746. The molecule has 0 spiro atoms. The number of hydrogen-bond acceptors (Lipinski definition) is 6. The highest BCUT2D eigenvalue weighted by molar-refractivity contribution is 8.19. The van der Waals surface area contributed by atoms with E-state index in [0.717, 1.165) is 33.5 Å². The fraction of sp³-hybridized carbons (Fsp3) is 0.154. The minimum Gasteiger partial charge on any atom is -0.497 e. The molecule has 0 atom stereocenters. The molecule has 0 aliphatic carbocycles. The molecule has 1 amide bonds. The monoisotopic (exact) mass is 507 g/mol. The molecule has 2 heterocycles. The molecule has 5 rings (SSSR count). The fourth-order valence-electron chi connectivity index (χ4n) is 3.78. The number of aliphatic imine (C=N–C) groups is 1. The largest absolute Gasteiger partial charge is 0.497 e. The van der Waals surface area contributed by atoms with E-state index in [9.17, 15) is 4.79 Å². The maximum absolute atomic E-state index is 13.7. The highest BCUT2D eigenvalue weighted by Gasteiger charge is 2.39. The van der Waals surface area contributed by atoms with E-state index in [1.807, 2.05) is 55.6 Å². The number of amides is 1. The van der Waals surface area contributed by atoms with Gasteiger partial charge in [0.1, 0.15) is 10.7 Å². The minimum absolute atomic E-state index is 0.0252.